The Labute approximate surface area is 244 Å². The van der Waals surface area contributed by atoms with Crippen LogP contribution in [-0.2, 0) is 0 Å². The van der Waals surface area contributed by atoms with Gasteiger partial charge in [-0.3, -0.25) is 29.9 Å². The Bertz CT molecular complexity index is 1630. The number of hydrogen-bond acceptors (Lipinski definition) is 6. The number of aromatic nitrogens is 6. The SMILES string of the molecule is c1ccc(C(=C2C(C(c3ccccn3)c3ccccn3)=C2C(c2ccccn2)c2ccccn2)c2ccccn2)nc1. The molecule has 0 saturated carbocycles. The Morgan fingerprint density at radius 2 is 0.667 bits per heavy atom. The van der Waals surface area contributed by atoms with E-state index in [1.807, 2.05) is 122 Å². The Balaban J connectivity index is 1.56. The van der Waals surface area contributed by atoms with E-state index in [0.29, 0.717) is 0 Å². The number of nitrogens with zero attached hydrogens (tertiary/aromatic N) is 6. The number of pyridine rings is 6. The summed E-state index contributed by atoms with van der Waals surface area (Å²) in [6.45, 7) is 0. The van der Waals surface area contributed by atoms with Gasteiger partial charge in [0.1, 0.15) is 0 Å². The topological polar surface area (TPSA) is 77.3 Å². The molecule has 42 heavy (non-hydrogen) atoms. The molecule has 6 aromatic rings. The Kier molecular flexibility index (Phi) is 6.92. The fourth-order valence-electron chi connectivity index (χ4n) is 5.58. The third kappa shape index (κ3) is 4.90. The highest BCUT2D eigenvalue weighted by molar-refractivity contribution is 5.94. The highest BCUT2D eigenvalue weighted by Gasteiger charge is 2.46. The molecule has 0 N–H and O–H groups in total. The van der Waals surface area contributed by atoms with Crippen LogP contribution in [0, 0.1) is 0 Å². The van der Waals surface area contributed by atoms with Crippen molar-refractivity contribution in [2.45, 2.75) is 11.8 Å². The standard InChI is InChI=1S/C36H26N6/c1-7-19-37-25(13-1)31(26-14-2-8-20-38-26)34-35(32(27-15-3-9-21-39-27)28-16-4-10-22-40-28)36(34)33(29-17-5-11-23-41-29)30-18-6-12-24-42-30/h1-24,31-32H. The molecule has 1 aliphatic rings. The van der Waals surface area contributed by atoms with Crippen LogP contribution in [0.1, 0.15) is 46.0 Å². The van der Waals surface area contributed by atoms with Crippen LogP contribution in [0.2, 0.25) is 0 Å². The second-order valence-electron chi connectivity index (χ2n) is 9.89. The average Bonchev–Trinajstić information content (AvgIpc) is 3.77. The van der Waals surface area contributed by atoms with E-state index >= 15 is 0 Å². The van der Waals surface area contributed by atoms with E-state index in [1.54, 1.807) is 0 Å². The zero-order chi connectivity index (χ0) is 28.1. The quantitative estimate of drug-likeness (QED) is 0.210. The molecule has 6 aromatic heterocycles. The van der Waals surface area contributed by atoms with Gasteiger partial charge in [0.25, 0.3) is 0 Å². The first-order valence-electron chi connectivity index (χ1n) is 13.9. The molecule has 200 valence electrons. The third-order valence-corrected chi connectivity index (χ3v) is 7.37. The van der Waals surface area contributed by atoms with Crippen molar-refractivity contribution < 1.29 is 0 Å². The molecule has 0 aromatic carbocycles. The van der Waals surface area contributed by atoms with Crippen LogP contribution < -0.4 is 0 Å². The lowest BCUT2D eigenvalue weighted by molar-refractivity contribution is 0.868. The zero-order valence-corrected chi connectivity index (χ0v) is 22.7. The Morgan fingerprint density at radius 1 is 0.357 bits per heavy atom. The first-order valence-corrected chi connectivity index (χ1v) is 13.9. The molecule has 0 spiro atoms. The van der Waals surface area contributed by atoms with Crippen molar-refractivity contribution in [3.63, 3.8) is 0 Å². The van der Waals surface area contributed by atoms with Gasteiger partial charge in [-0.05, 0) is 89.5 Å². The van der Waals surface area contributed by atoms with Gasteiger partial charge >= 0.3 is 0 Å². The summed E-state index contributed by atoms with van der Waals surface area (Å²) in [7, 11) is 0. The average molecular weight is 543 g/mol. The molecule has 0 amide bonds. The van der Waals surface area contributed by atoms with Gasteiger partial charge in [-0.15, -0.1) is 0 Å². The van der Waals surface area contributed by atoms with Crippen molar-refractivity contribution in [3.8, 4) is 0 Å². The molecule has 0 fully saturated rings. The molecule has 0 atom stereocenters. The first-order chi connectivity index (χ1) is 20.9. The monoisotopic (exact) mass is 542 g/mol. The van der Waals surface area contributed by atoms with E-state index in [0.717, 1.165) is 56.5 Å². The molecule has 1 aliphatic carbocycles. The van der Waals surface area contributed by atoms with Crippen LogP contribution in [0.5, 0.6) is 0 Å². The summed E-state index contributed by atoms with van der Waals surface area (Å²) in [5.74, 6) is -0.426. The van der Waals surface area contributed by atoms with E-state index < -0.39 is 0 Å². The Hall–Kier alpha value is -5.62. The lowest BCUT2D eigenvalue weighted by Gasteiger charge is -2.14. The maximum absolute atomic E-state index is 4.84. The minimum absolute atomic E-state index is 0.213. The minimum atomic E-state index is -0.213. The molecular weight excluding hydrogens is 516 g/mol. The van der Waals surface area contributed by atoms with Gasteiger partial charge < -0.3 is 0 Å². The van der Waals surface area contributed by atoms with Gasteiger partial charge in [-0.25, -0.2) is 0 Å². The summed E-state index contributed by atoms with van der Waals surface area (Å²) >= 11 is 0. The van der Waals surface area contributed by atoms with E-state index in [2.05, 4.69) is 24.3 Å². The molecule has 0 aliphatic heterocycles. The van der Waals surface area contributed by atoms with Crippen molar-refractivity contribution in [2.75, 3.05) is 0 Å². The molecule has 0 bridgehead atoms. The van der Waals surface area contributed by atoms with Gasteiger partial charge in [0, 0.05) is 42.8 Å². The summed E-state index contributed by atoms with van der Waals surface area (Å²) in [5, 5.41) is 0. The predicted molar refractivity (Wildman–Crippen MR) is 162 cm³/mol. The van der Waals surface area contributed by atoms with E-state index in [4.69, 9.17) is 29.9 Å². The van der Waals surface area contributed by atoms with Crippen molar-refractivity contribution in [1.29, 1.82) is 0 Å². The zero-order valence-electron chi connectivity index (χ0n) is 22.7. The molecule has 6 heteroatoms. The third-order valence-electron chi connectivity index (χ3n) is 7.37. The van der Waals surface area contributed by atoms with Gasteiger partial charge in [0.05, 0.1) is 46.0 Å². The second kappa shape index (κ2) is 11.5. The highest BCUT2D eigenvalue weighted by Crippen LogP contribution is 2.59. The van der Waals surface area contributed by atoms with Crippen molar-refractivity contribution >= 4 is 5.57 Å². The largest absolute Gasteiger partial charge is 0.260 e. The molecule has 0 saturated heterocycles. The van der Waals surface area contributed by atoms with E-state index in [1.165, 1.54) is 0 Å². The van der Waals surface area contributed by atoms with Gasteiger partial charge in [-0.1, -0.05) is 36.4 Å². The van der Waals surface area contributed by atoms with Gasteiger partial charge in [-0.2, -0.15) is 0 Å². The number of allylic oxidation sites excluding steroid dienone is 3. The maximum atomic E-state index is 4.84. The van der Waals surface area contributed by atoms with Crippen molar-refractivity contribution in [2.24, 2.45) is 0 Å². The predicted octanol–water partition coefficient (Wildman–Crippen LogP) is 6.83. The maximum Gasteiger partial charge on any atom is 0.0729 e. The molecular formula is C36H26N6. The van der Waals surface area contributed by atoms with Crippen molar-refractivity contribution in [1.82, 2.24) is 29.9 Å². The van der Waals surface area contributed by atoms with Crippen LogP contribution in [0.25, 0.3) is 5.57 Å². The summed E-state index contributed by atoms with van der Waals surface area (Å²) < 4.78 is 0. The summed E-state index contributed by atoms with van der Waals surface area (Å²) in [5.41, 5.74) is 9.70. The van der Waals surface area contributed by atoms with E-state index in [9.17, 15) is 0 Å². The molecule has 6 heterocycles. The summed E-state index contributed by atoms with van der Waals surface area (Å²) in [6.07, 6.45) is 11.0. The smallest absolute Gasteiger partial charge is 0.0729 e. The molecule has 7 rings (SSSR count). The normalized spacial score (nSPS) is 12.6. The van der Waals surface area contributed by atoms with Gasteiger partial charge in [0.2, 0.25) is 0 Å². The van der Waals surface area contributed by atoms with Crippen LogP contribution in [0.4, 0.5) is 0 Å². The summed E-state index contributed by atoms with van der Waals surface area (Å²) in [6, 6.07) is 36.1. The first kappa shape index (κ1) is 25.4. The van der Waals surface area contributed by atoms with E-state index in [-0.39, 0.29) is 11.8 Å². The highest BCUT2D eigenvalue weighted by atomic mass is 14.8. The second-order valence-corrected chi connectivity index (χ2v) is 9.89. The molecule has 0 unspecified atom stereocenters. The number of hydrogen-bond donors (Lipinski definition) is 0. The van der Waals surface area contributed by atoms with Crippen LogP contribution in [-0.4, -0.2) is 29.9 Å². The number of rotatable bonds is 8. The lowest BCUT2D eigenvalue weighted by atomic mass is 9.93. The lowest BCUT2D eigenvalue weighted by Crippen LogP contribution is -2.06. The van der Waals surface area contributed by atoms with Crippen molar-refractivity contribution in [3.05, 3.63) is 197 Å². The fraction of sp³-hybridized carbons (Fsp3) is 0.0556. The fourth-order valence-corrected chi connectivity index (χ4v) is 5.58. The summed E-state index contributed by atoms with van der Waals surface area (Å²) in [4.78, 5) is 29.0. The Morgan fingerprint density at radius 3 is 0.929 bits per heavy atom. The van der Waals surface area contributed by atoms with Crippen LogP contribution in [0.15, 0.2) is 163 Å². The molecule has 6 nitrogen and oxygen atoms in total. The van der Waals surface area contributed by atoms with Crippen LogP contribution in [0.3, 0.4) is 0 Å². The molecule has 0 radical (unpaired) electrons. The van der Waals surface area contributed by atoms with Crippen LogP contribution >= 0.6 is 0 Å². The minimum Gasteiger partial charge on any atom is -0.260 e. The van der Waals surface area contributed by atoms with Gasteiger partial charge in [0.15, 0.2) is 0 Å².